The molecule has 0 heterocycles. The number of aryl methyl sites for hydroxylation is 2. The molecular weight excluding hydrogens is 378 g/mol. The number of benzene rings is 1. The van der Waals surface area contributed by atoms with Crippen LogP contribution in [0.1, 0.15) is 21.5 Å². The number of hydrogen-bond acceptors (Lipinski definition) is 1. The molecular formula is C9H10I2O. The SMILES string of the molecule is Cc1ccc(C=O)c(C)c1.II. The first kappa shape index (κ1) is 12.3. The van der Waals surface area contributed by atoms with E-state index in [1.165, 1.54) is 5.56 Å². The Labute approximate surface area is 96.3 Å². The summed E-state index contributed by atoms with van der Waals surface area (Å²) in [5.74, 6) is 0. The van der Waals surface area contributed by atoms with Crippen LogP contribution in [0.15, 0.2) is 18.2 Å². The summed E-state index contributed by atoms with van der Waals surface area (Å²) < 4.78 is 0. The maximum Gasteiger partial charge on any atom is 0.150 e. The van der Waals surface area contributed by atoms with E-state index in [0.29, 0.717) is 0 Å². The van der Waals surface area contributed by atoms with Crippen LogP contribution in [0, 0.1) is 13.8 Å². The van der Waals surface area contributed by atoms with Gasteiger partial charge in [-0.05, 0) is 19.4 Å². The van der Waals surface area contributed by atoms with Crippen LogP contribution in [0.25, 0.3) is 0 Å². The number of carbonyl (C=O) groups excluding carboxylic acids is 1. The van der Waals surface area contributed by atoms with Crippen LogP contribution >= 0.6 is 37.2 Å². The van der Waals surface area contributed by atoms with Crippen molar-refractivity contribution in [2.24, 2.45) is 0 Å². The number of aldehydes is 1. The van der Waals surface area contributed by atoms with Crippen molar-refractivity contribution in [2.45, 2.75) is 13.8 Å². The molecule has 1 aromatic carbocycles. The highest BCUT2D eigenvalue weighted by atomic mass is 128. The second-order valence-corrected chi connectivity index (χ2v) is 2.48. The lowest BCUT2D eigenvalue weighted by Crippen LogP contribution is -1.85. The van der Waals surface area contributed by atoms with Crippen molar-refractivity contribution in [3.63, 3.8) is 0 Å². The van der Waals surface area contributed by atoms with Crippen LogP contribution in [0.3, 0.4) is 0 Å². The van der Waals surface area contributed by atoms with Crippen molar-refractivity contribution >= 4 is 43.5 Å². The van der Waals surface area contributed by atoms with Gasteiger partial charge in [-0.1, -0.05) is 23.8 Å². The van der Waals surface area contributed by atoms with Gasteiger partial charge in [0.2, 0.25) is 0 Å². The number of carbonyl (C=O) groups is 1. The second kappa shape index (κ2) is 6.82. The summed E-state index contributed by atoms with van der Waals surface area (Å²) >= 11 is 4.24. The van der Waals surface area contributed by atoms with Crippen molar-refractivity contribution < 1.29 is 4.79 Å². The third-order valence-corrected chi connectivity index (χ3v) is 1.55. The van der Waals surface area contributed by atoms with E-state index in [1.807, 2.05) is 32.0 Å². The molecule has 3 heteroatoms. The molecule has 0 spiro atoms. The lowest BCUT2D eigenvalue weighted by atomic mass is 10.1. The lowest BCUT2D eigenvalue weighted by Gasteiger charge is -1.97. The van der Waals surface area contributed by atoms with Gasteiger partial charge >= 0.3 is 0 Å². The highest BCUT2D eigenvalue weighted by molar-refractivity contribution is 15.0. The van der Waals surface area contributed by atoms with E-state index in [2.05, 4.69) is 37.2 Å². The van der Waals surface area contributed by atoms with Crippen LogP contribution in [-0.4, -0.2) is 6.29 Å². The van der Waals surface area contributed by atoms with Gasteiger partial charge in [0.05, 0.1) is 0 Å². The van der Waals surface area contributed by atoms with E-state index < -0.39 is 0 Å². The van der Waals surface area contributed by atoms with E-state index in [4.69, 9.17) is 0 Å². The Balaban J connectivity index is 0.000000561. The van der Waals surface area contributed by atoms with E-state index >= 15 is 0 Å². The lowest BCUT2D eigenvalue weighted by molar-refractivity contribution is 0.112. The van der Waals surface area contributed by atoms with E-state index in [9.17, 15) is 4.79 Å². The molecule has 0 aliphatic carbocycles. The Morgan fingerprint density at radius 1 is 1.25 bits per heavy atom. The van der Waals surface area contributed by atoms with E-state index in [-0.39, 0.29) is 0 Å². The van der Waals surface area contributed by atoms with E-state index in [0.717, 1.165) is 17.4 Å². The van der Waals surface area contributed by atoms with Crippen LogP contribution in [0.2, 0.25) is 0 Å². The highest BCUT2D eigenvalue weighted by Crippen LogP contribution is 2.07. The zero-order chi connectivity index (χ0) is 9.56. The molecule has 0 aliphatic rings. The summed E-state index contributed by atoms with van der Waals surface area (Å²) in [4.78, 5) is 10.3. The smallest absolute Gasteiger partial charge is 0.150 e. The van der Waals surface area contributed by atoms with Crippen molar-refractivity contribution in [1.82, 2.24) is 0 Å². The second-order valence-electron chi connectivity index (χ2n) is 2.48. The molecule has 0 bridgehead atoms. The Morgan fingerprint density at radius 3 is 2.25 bits per heavy atom. The van der Waals surface area contributed by atoms with Gasteiger partial charge in [-0.15, -0.1) is 0 Å². The molecule has 0 amide bonds. The molecule has 0 aliphatic heterocycles. The average molecular weight is 388 g/mol. The predicted octanol–water partition coefficient (Wildman–Crippen LogP) is 3.89. The van der Waals surface area contributed by atoms with E-state index in [1.54, 1.807) is 0 Å². The van der Waals surface area contributed by atoms with Crippen LogP contribution < -0.4 is 0 Å². The summed E-state index contributed by atoms with van der Waals surface area (Å²) in [6.07, 6.45) is 0.884. The zero-order valence-corrected chi connectivity index (χ0v) is 11.3. The maximum absolute atomic E-state index is 10.3. The van der Waals surface area contributed by atoms with Crippen molar-refractivity contribution in [1.29, 1.82) is 0 Å². The Bertz CT molecular complexity index is 259. The van der Waals surface area contributed by atoms with Crippen molar-refractivity contribution in [3.8, 4) is 0 Å². The fourth-order valence-corrected chi connectivity index (χ4v) is 0.958. The molecule has 0 aromatic heterocycles. The minimum atomic E-state index is 0.783. The Hall–Kier alpha value is 0.350. The zero-order valence-electron chi connectivity index (χ0n) is 6.97. The van der Waals surface area contributed by atoms with Crippen LogP contribution in [0.4, 0.5) is 0 Å². The standard InChI is InChI=1S/C9H10O.I2/c1-7-3-4-9(6-10)8(2)5-7;1-2/h3-6H,1-2H3;. The van der Waals surface area contributed by atoms with Gasteiger partial charge in [-0.2, -0.15) is 0 Å². The quantitative estimate of drug-likeness (QED) is 0.527. The van der Waals surface area contributed by atoms with Crippen LogP contribution in [-0.2, 0) is 0 Å². The van der Waals surface area contributed by atoms with Crippen molar-refractivity contribution in [2.75, 3.05) is 0 Å². The summed E-state index contributed by atoms with van der Waals surface area (Å²) in [5.41, 5.74) is 3.03. The van der Waals surface area contributed by atoms with Gasteiger partial charge in [-0.3, -0.25) is 4.79 Å². The summed E-state index contributed by atoms with van der Waals surface area (Å²) in [7, 11) is 0. The average Bonchev–Trinajstić information content (AvgIpc) is 2.08. The Morgan fingerprint density at radius 2 is 1.83 bits per heavy atom. The number of hydrogen-bond donors (Lipinski definition) is 0. The molecule has 0 unspecified atom stereocenters. The molecule has 12 heavy (non-hydrogen) atoms. The molecule has 1 aromatic rings. The Kier molecular flexibility index (Phi) is 7.02. The fraction of sp³-hybridized carbons (Fsp3) is 0.222. The first-order valence-electron chi connectivity index (χ1n) is 3.41. The largest absolute Gasteiger partial charge is 0.298 e. The minimum absolute atomic E-state index is 0.783. The molecule has 0 atom stereocenters. The van der Waals surface area contributed by atoms with Crippen molar-refractivity contribution in [3.05, 3.63) is 34.9 Å². The van der Waals surface area contributed by atoms with Gasteiger partial charge in [0.15, 0.2) is 0 Å². The summed E-state index contributed by atoms with van der Waals surface area (Å²) in [6.45, 7) is 3.96. The number of rotatable bonds is 1. The highest BCUT2D eigenvalue weighted by Gasteiger charge is 1.93. The van der Waals surface area contributed by atoms with Gasteiger partial charge in [0.1, 0.15) is 6.29 Å². The fourth-order valence-electron chi connectivity index (χ4n) is 0.958. The molecule has 0 radical (unpaired) electrons. The van der Waals surface area contributed by atoms with Crippen LogP contribution in [0.5, 0.6) is 0 Å². The molecule has 1 nitrogen and oxygen atoms in total. The predicted molar refractivity (Wildman–Crippen MR) is 69.3 cm³/mol. The monoisotopic (exact) mass is 388 g/mol. The molecule has 1 rings (SSSR count). The maximum atomic E-state index is 10.3. The molecule has 66 valence electrons. The first-order valence-corrected chi connectivity index (χ1v) is 9.69. The molecule has 0 N–H and O–H groups in total. The molecule has 0 saturated heterocycles. The van der Waals surface area contributed by atoms with Gasteiger partial charge in [0.25, 0.3) is 0 Å². The summed E-state index contributed by atoms with van der Waals surface area (Å²) in [6, 6.07) is 5.79. The third-order valence-electron chi connectivity index (χ3n) is 1.55. The third kappa shape index (κ3) is 3.84. The first-order chi connectivity index (χ1) is 5.74. The van der Waals surface area contributed by atoms with Gasteiger partial charge in [-0.25, -0.2) is 0 Å². The molecule has 0 saturated carbocycles. The minimum Gasteiger partial charge on any atom is -0.298 e. The molecule has 0 fully saturated rings. The topological polar surface area (TPSA) is 17.1 Å². The normalized spacial score (nSPS) is 8.33. The van der Waals surface area contributed by atoms with Gasteiger partial charge in [0, 0.05) is 42.8 Å². The number of halogens is 2. The van der Waals surface area contributed by atoms with Gasteiger partial charge < -0.3 is 0 Å². The summed E-state index contributed by atoms with van der Waals surface area (Å²) in [5, 5.41) is 0.